The molecule has 2 heteroatoms. The minimum atomic E-state index is 0.836. The monoisotopic (exact) mass is 234 g/mol. The highest BCUT2D eigenvalue weighted by Gasteiger charge is 2.07. The van der Waals surface area contributed by atoms with Gasteiger partial charge in [-0.3, -0.25) is 0 Å². The van der Waals surface area contributed by atoms with Gasteiger partial charge in [0.15, 0.2) is 5.82 Å². The summed E-state index contributed by atoms with van der Waals surface area (Å²) in [5.41, 5.74) is 3.21. The Hall–Kier alpha value is -2.22. The fourth-order valence-corrected chi connectivity index (χ4v) is 2.12. The Bertz CT molecular complexity index is 679. The highest BCUT2D eigenvalue weighted by atomic mass is 14.9. The molecule has 3 rings (SSSR count). The van der Waals surface area contributed by atoms with Crippen molar-refractivity contribution in [3.63, 3.8) is 0 Å². The molecule has 0 fully saturated rings. The van der Waals surface area contributed by atoms with Gasteiger partial charge in [-0.15, -0.1) is 0 Å². The maximum atomic E-state index is 4.65. The Morgan fingerprint density at radius 3 is 2.83 bits per heavy atom. The smallest absolute Gasteiger partial charge is 0.156 e. The van der Waals surface area contributed by atoms with Gasteiger partial charge in [-0.1, -0.05) is 48.6 Å². The highest BCUT2D eigenvalue weighted by molar-refractivity contribution is 5.82. The van der Waals surface area contributed by atoms with Gasteiger partial charge < -0.3 is 0 Å². The van der Waals surface area contributed by atoms with Crippen molar-refractivity contribution in [1.29, 1.82) is 0 Å². The Morgan fingerprint density at radius 1 is 1.00 bits per heavy atom. The van der Waals surface area contributed by atoms with Crippen LogP contribution < -0.4 is 0 Å². The van der Waals surface area contributed by atoms with Gasteiger partial charge in [0, 0.05) is 16.7 Å². The molecule has 88 valence electrons. The molecule has 1 heterocycles. The number of hydrogen-bond donors (Lipinski definition) is 0. The number of rotatable bonds is 1. The van der Waals surface area contributed by atoms with Gasteiger partial charge in [0.05, 0.1) is 5.52 Å². The van der Waals surface area contributed by atoms with E-state index in [0.717, 1.165) is 34.4 Å². The number of benzene rings is 1. The van der Waals surface area contributed by atoms with Crippen molar-refractivity contribution in [2.45, 2.75) is 13.3 Å². The predicted octanol–water partition coefficient (Wildman–Crippen LogP) is 3.84. The van der Waals surface area contributed by atoms with Crippen molar-refractivity contribution >= 4 is 16.5 Å². The summed E-state index contributed by atoms with van der Waals surface area (Å²) in [6.45, 7) is 2.04. The third-order valence-electron chi connectivity index (χ3n) is 3.07. The first-order chi connectivity index (χ1) is 8.84. The highest BCUT2D eigenvalue weighted by Crippen LogP contribution is 2.21. The van der Waals surface area contributed by atoms with Gasteiger partial charge in [0.2, 0.25) is 0 Å². The summed E-state index contributed by atoms with van der Waals surface area (Å²) in [6.07, 6.45) is 11.2. The van der Waals surface area contributed by atoms with Crippen LogP contribution in [0.5, 0.6) is 0 Å². The quantitative estimate of drug-likeness (QED) is 0.749. The van der Waals surface area contributed by atoms with E-state index in [4.69, 9.17) is 0 Å². The van der Waals surface area contributed by atoms with Crippen LogP contribution in [0.15, 0.2) is 54.6 Å². The zero-order valence-corrected chi connectivity index (χ0v) is 10.3. The number of allylic oxidation sites excluding steroid dienone is 6. The second-order valence-corrected chi connectivity index (χ2v) is 4.36. The van der Waals surface area contributed by atoms with Crippen molar-refractivity contribution in [2.24, 2.45) is 0 Å². The third-order valence-corrected chi connectivity index (χ3v) is 3.07. The lowest BCUT2D eigenvalue weighted by atomic mass is 10.1. The molecule has 0 unspecified atom stereocenters. The SMILES string of the molecule is Cc1nc(C2=CC=CC=CC2)nc2ccccc12. The summed E-state index contributed by atoms with van der Waals surface area (Å²) < 4.78 is 0. The summed E-state index contributed by atoms with van der Waals surface area (Å²) in [5, 5.41) is 1.13. The molecule has 1 aliphatic carbocycles. The summed E-state index contributed by atoms with van der Waals surface area (Å²) in [7, 11) is 0. The molecule has 2 aromatic rings. The van der Waals surface area contributed by atoms with Crippen LogP contribution in [-0.4, -0.2) is 9.97 Å². The molecule has 0 atom stereocenters. The molecule has 0 saturated heterocycles. The first kappa shape index (κ1) is 10.9. The maximum Gasteiger partial charge on any atom is 0.156 e. The Kier molecular flexibility index (Phi) is 2.77. The molecule has 18 heavy (non-hydrogen) atoms. The molecular formula is C16H14N2. The van der Waals surface area contributed by atoms with E-state index in [1.54, 1.807) is 0 Å². The van der Waals surface area contributed by atoms with Crippen LogP contribution in [0.25, 0.3) is 16.5 Å². The van der Waals surface area contributed by atoms with E-state index in [1.807, 2.05) is 37.3 Å². The number of hydrogen-bond acceptors (Lipinski definition) is 2. The van der Waals surface area contributed by atoms with E-state index < -0.39 is 0 Å². The molecular weight excluding hydrogens is 220 g/mol. The second-order valence-electron chi connectivity index (χ2n) is 4.36. The number of para-hydroxylation sites is 1. The van der Waals surface area contributed by atoms with E-state index in [0.29, 0.717) is 0 Å². The minimum absolute atomic E-state index is 0.836. The number of aryl methyl sites for hydroxylation is 1. The van der Waals surface area contributed by atoms with Crippen LogP contribution in [0.1, 0.15) is 17.9 Å². The van der Waals surface area contributed by atoms with Crippen LogP contribution in [0.3, 0.4) is 0 Å². The Labute approximate surface area is 106 Å². The average Bonchev–Trinajstić information content (AvgIpc) is 2.67. The van der Waals surface area contributed by atoms with Crippen molar-refractivity contribution in [2.75, 3.05) is 0 Å². The lowest BCUT2D eigenvalue weighted by Crippen LogP contribution is -1.97. The number of fused-ring (bicyclic) bond motifs is 1. The molecule has 1 aliphatic rings. The van der Waals surface area contributed by atoms with Crippen molar-refractivity contribution in [1.82, 2.24) is 9.97 Å². The molecule has 0 saturated carbocycles. The lowest BCUT2D eigenvalue weighted by molar-refractivity contribution is 1.09. The molecule has 1 aromatic carbocycles. The fourth-order valence-electron chi connectivity index (χ4n) is 2.12. The van der Waals surface area contributed by atoms with Crippen LogP contribution in [0.4, 0.5) is 0 Å². The minimum Gasteiger partial charge on any atom is -0.233 e. The third kappa shape index (κ3) is 1.97. The summed E-state index contributed by atoms with van der Waals surface area (Å²) in [4.78, 5) is 9.27. The Balaban J connectivity index is 2.16. The molecule has 0 aliphatic heterocycles. The van der Waals surface area contributed by atoms with Gasteiger partial charge in [0.25, 0.3) is 0 Å². The molecule has 0 radical (unpaired) electrons. The van der Waals surface area contributed by atoms with Crippen LogP contribution in [-0.2, 0) is 0 Å². The van der Waals surface area contributed by atoms with Gasteiger partial charge in [-0.25, -0.2) is 9.97 Å². The summed E-state index contributed by atoms with van der Waals surface area (Å²) in [5.74, 6) is 0.836. The number of aromatic nitrogens is 2. The summed E-state index contributed by atoms with van der Waals surface area (Å²) in [6, 6.07) is 8.14. The number of nitrogens with zero attached hydrogens (tertiary/aromatic N) is 2. The average molecular weight is 234 g/mol. The van der Waals surface area contributed by atoms with Gasteiger partial charge in [-0.05, 0) is 19.4 Å². The van der Waals surface area contributed by atoms with E-state index in [-0.39, 0.29) is 0 Å². The van der Waals surface area contributed by atoms with Crippen LogP contribution >= 0.6 is 0 Å². The van der Waals surface area contributed by atoms with E-state index in [9.17, 15) is 0 Å². The molecule has 0 amide bonds. The van der Waals surface area contributed by atoms with Gasteiger partial charge in [-0.2, -0.15) is 0 Å². The first-order valence-electron chi connectivity index (χ1n) is 6.11. The second kappa shape index (κ2) is 4.57. The Morgan fingerprint density at radius 2 is 1.89 bits per heavy atom. The fraction of sp³-hybridized carbons (Fsp3) is 0.125. The zero-order valence-electron chi connectivity index (χ0n) is 10.3. The molecule has 0 spiro atoms. The van der Waals surface area contributed by atoms with Crippen LogP contribution in [0, 0.1) is 6.92 Å². The van der Waals surface area contributed by atoms with E-state index in [1.165, 1.54) is 0 Å². The lowest BCUT2D eigenvalue weighted by Gasteiger charge is -2.07. The van der Waals surface area contributed by atoms with Gasteiger partial charge in [0.1, 0.15) is 0 Å². The zero-order chi connectivity index (χ0) is 12.4. The van der Waals surface area contributed by atoms with E-state index >= 15 is 0 Å². The van der Waals surface area contributed by atoms with E-state index in [2.05, 4.69) is 34.3 Å². The topological polar surface area (TPSA) is 25.8 Å². The van der Waals surface area contributed by atoms with Crippen LogP contribution in [0.2, 0.25) is 0 Å². The van der Waals surface area contributed by atoms with Crippen molar-refractivity contribution in [3.05, 3.63) is 66.2 Å². The molecule has 1 aromatic heterocycles. The van der Waals surface area contributed by atoms with Gasteiger partial charge >= 0.3 is 0 Å². The standard InChI is InChI=1S/C16H14N2/c1-12-14-10-6-7-11-15(14)18-16(17-12)13-8-4-2-3-5-9-13/h2-8,10-11H,9H2,1H3. The molecule has 2 nitrogen and oxygen atoms in total. The maximum absolute atomic E-state index is 4.65. The van der Waals surface area contributed by atoms with Crippen molar-refractivity contribution < 1.29 is 0 Å². The largest absolute Gasteiger partial charge is 0.233 e. The summed E-state index contributed by atoms with van der Waals surface area (Å²) >= 11 is 0. The first-order valence-corrected chi connectivity index (χ1v) is 6.11. The predicted molar refractivity (Wildman–Crippen MR) is 75.1 cm³/mol. The molecule has 0 N–H and O–H groups in total. The molecule has 0 bridgehead atoms. The van der Waals surface area contributed by atoms with Crippen molar-refractivity contribution in [3.8, 4) is 0 Å². The normalized spacial score (nSPS) is 14.6.